The molecule has 0 saturated carbocycles. The Labute approximate surface area is 74.9 Å². The van der Waals surface area contributed by atoms with Gasteiger partial charge in [-0.3, -0.25) is 9.41 Å². The zero-order valence-corrected chi connectivity index (χ0v) is 8.51. The third-order valence-electron chi connectivity index (χ3n) is 1.62. The molecule has 0 rings (SSSR count). The fraction of sp³-hybridized carbons (Fsp3) is 1.00. The Bertz CT molecular complexity index is 55.3. The molecule has 0 atom stereocenters. The van der Waals surface area contributed by atoms with Gasteiger partial charge in [-0.25, -0.2) is 0 Å². The van der Waals surface area contributed by atoms with Gasteiger partial charge in [0.2, 0.25) is 0 Å². The monoisotopic (exact) mass is 183 g/mol. The Morgan fingerprint density at radius 1 is 0.667 bits per heavy atom. The zero-order valence-electron chi connectivity index (χ0n) is 8.51. The van der Waals surface area contributed by atoms with E-state index in [4.69, 9.17) is 0 Å². The maximum absolute atomic E-state index is 2.54. The zero-order chi connectivity index (χ0) is 7.82. The topological polar surface area (TPSA) is 3.24 Å². The number of hydrogen-bond acceptors (Lipinski definition) is 1. The maximum atomic E-state index is 2.54. The average molecular weight is 183 g/mol. The van der Waals surface area contributed by atoms with Gasteiger partial charge in [-0.2, -0.15) is 0 Å². The lowest BCUT2D eigenvalue weighted by atomic mass is 10.3. The molecular weight excluding hydrogens is 160 g/mol. The third kappa shape index (κ3) is 9.82. The first kappa shape index (κ1) is 17.8. The number of rotatable bonds is 6. The first-order chi connectivity index (χ1) is 4.85. The summed E-state index contributed by atoms with van der Waals surface area (Å²) in [5.41, 5.74) is 0. The molecule has 3 heteroatoms. The highest BCUT2D eigenvalue weighted by molar-refractivity contribution is 4.53. The van der Waals surface area contributed by atoms with Crippen LogP contribution in [-0.4, -0.2) is 24.5 Å². The van der Waals surface area contributed by atoms with Crippen molar-refractivity contribution in [2.45, 2.75) is 40.0 Å². The normalized spacial score (nSPS) is 9.00. The molecular formula is C9H23F2N. The molecule has 0 aromatic carbocycles. The van der Waals surface area contributed by atoms with E-state index in [1.165, 1.54) is 38.9 Å². The predicted octanol–water partition coefficient (Wildman–Crippen LogP) is 2.82. The molecule has 0 radical (unpaired) electrons. The van der Waals surface area contributed by atoms with Gasteiger partial charge in [0.05, 0.1) is 0 Å². The second kappa shape index (κ2) is 13.4. The summed E-state index contributed by atoms with van der Waals surface area (Å²) >= 11 is 0. The molecule has 78 valence electrons. The second-order valence-corrected chi connectivity index (χ2v) is 2.84. The van der Waals surface area contributed by atoms with Gasteiger partial charge in [0.25, 0.3) is 0 Å². The molecule has 0 amide bonds. The van der Waals surface area contributed by atoms with Crippen LogP contribution in [0.4, 0.5) is 9.41 Å². The van der Waals surface area contributed by atoms with Crippen molar-refractivity contribution in [1.29, 1.82) is 0 Å². The molecule has 0 heterocycles. The van der Waals surface area contributed by atoms with Crippen LogP contribution >= 0.6 is 0 Å². The van der Waals surface area contributed by atoms with E-state index >= 15 is 0 Å². The van der Waals surface area contributed by atoms with Crippen molar-refractivity contribution in [2.24, 2.45) is 0 Å². The Kier molecular flexibility index (Phi) is 19.9. The Morgan fingerprint density at radius 3 is 1.08 bits per heavy atom. The maximum Gasteiger partial charge on any atom is -0.00214 e. The van der Waals surface area contributed by atoms with Crippen LogP contribution in [-0.2, 0) is 0 Å². The minimum atomic E-state index is 0. The van der Waals surface area contributed by atoms with E-state index in [-0.39, 0.29) is 9.41 Å². The molecule has 0 aliphatic heterocycles. The standard InChI is InChI=1S/C9H21N.2FH/c1-4-7-10(8-5-2)9-6-3;;/h4-9H2,1-3H3;2*1H. The lowest BCUT2D eigenvalue weighted by Crippen LogP contribution is -2.25. The smallest absolute Gasteiger partial charge is 0.00214 e. The first-order valence-electron chi connectivity index (χ1n) is 4.57. The molecule has 0 saturated heterocycles. The molecule has 12 heavy (non-hydrogen) atoms. The van der Waals surface area contributed by atoms with Crippen LogP contribution in [0.2, 0.25) is 0 Å². The summed E-state index contributed by atoms with van der Waals surface area (Å²) in [6.45, 7) is 10.6. The molecule has 0 bridgehead atoms. The number of halogens is 2. The lowest BCUT2D eigenvalue weighted by Gasteiger charge is -2.19. The minimum Gasteiger partial charge on any atom is -0.303 e. The third-order valence-corrected chi connectivity index (χ3v) is 1.62. The number of hydrogen-bond donors (Lipinski definition) is 0. The Balaban J connectivity index is -0.000000405. The van der Waals surface area contributed by atoms with Crippen molar-refractivity contribution < 1.29 is 9.41 Å². The highest BCUT2D eigenvalue weighted by Crippen LogP contribution is 1.94. The van der Waals surface area contributed by atoms with Gasteiger partial charge in [-0.05, 0) is 38.9 Å². The molecule has 0 aliphatic carbocycles. The van der Waals surface area contributed by atoms with Gasteiger partial charge in [0.15, 0.2) is 0 Å². The van der Waals surface area contributed by atoms with Gasteiger partial charge >= 0.3 is 0 Å². The van der Waals surface area contributed by atoms with E-state index in [0.29, 0.717) is 0 Å². The Hall–Kier alpha value is -0.180. The van der Waals surface area contributed by atoms with Crippen molar-refractivity contribution in [2.75, 3.05) is 19.6 Å². The molecule has 0 aliphatic rings. The lowest BCUT2D eigenvalue weighted by molar-refractivity contribution is 0.275. The van der Waals surface area contributed by atoms with Crippen molar-refractivity contribution in [3.8, 4) is 0 Å². The van der Waals surface area contributed by atoms with E-state index in [1.54, 1.807) is 0 Å². The van der Waals surface area contributed by atoms with Crippen LogP contribution in [0.3, 0.4) is 0 Å². The van der Waals surface area contributed by atoms with E-state index < -0.39 is 0 Å². The molecule has 0 spiro atoms. The van der Waals surface area contributed by atoms with Gasteiger partial charge < -0.3 is 4.90 Å². The van der Waals surface area contributed by atoms with Crippen LogP contribution in [0, 0.1) is 0 Å². The van der Waals surface area contributed by atoms with E-state index in [0.717, 1.165) is 0 Å². The Morgan fingerprint density at radius 2 is 0.917 bits per heavy atom. The molecule has 0 N–H and O–H groups in total. The number of nitrogens with zero attached hydrogens (tertiary/aromatic N) is 1. The van der Waals surface area contributed by atoms with Crippen molar-refractivity contribution >= 4 is 0 Å². The van der Waals surface area contributed by atoms with Crippen LogP contribution in [0.25, 0.3) is 0 Å². The van der Waals surface area contributed by atoms with Crippen molar-refractivity contribution in [1.82, 2.24) is 4.90 Å². The summed E-state index contributed by atoms with van der Waals surface area (Å²) in [5.74, 6) is 0. The van der Waals surface area contributed by atoms with Gasteiger partial charge in [-0.15, -0.1) is 0 Å². The summed E-state index contributed by atoms with van der Waals surface area (Å²) in [5, 5.41) is 0. The largest absolute Gasteiger partial charge is 0.303 e. The van der Waals surface area contributed by atoms with E-state index in [9.17, 15) is 0 Å². The predicted molar refractivity (Wildman–Crippen MR) is 52.3 cm³/mol. The molecule has 0 aromatic rings. The van der Waals surface area contributed by atoms with Gasteiger partial charge in [0.1, 0.15) is 0 Å². The van der Waals surface area contributed by atoms with E-state index in [2.05, 4.69) is 25.7 Å². The van der Waals surface area contributed by atoms with Crippen LogP contribution in [0.15, 0.2) is 0 Å². The van der Waals surface area contributed by atoms with Gasteiger partial charge in [-0.1, -0.05) is 20.8 Å². The van der Waals surface area contributed by atoms with Crippen molar-refractivity contribution in [3.05, 3.63) is 0 Å². The van der Waals surface area contributed by atoms with Crippen LogP contribution in [0.5, 0.6) is 0 Å². The van der Waals surface area contributed by atoms with Crippen LogP contribution < -0.4 is 0 Å². The summed E-state index contributed by atoms with van der Waals surface area (Å²) in [7, 11) is 0. The average Bonchev–Trinajstić information content (AvgIpc) is 1.90. The summed E-state index contributed by atoms with van der Waals surface area (Å²) in [6.07, 6.45) is 3.88. The summed E-state index contributed by atoms with van der Waals surface area (Å²) in [6, 6.07) is 0. The van der Waals surface area contributed by atoms with E-state index in [1.807, 2.05) is 0 Å². The fourth-order valence-electron chi connectivity index (χ4n) is 1.28. The summed E-state index contributed by atoms with van der Waals surface area (Å²) in [4.78, 5) is 2.54. The molecule has 0 aromatic heterocycles. The van der Waals surface area contributed by atoms with Crippen LogP contribution in [0.1, 0.15) is 40.0 Å². The molecule has 1 nitrogen and oxygen atoms in total. The SMILES string of the molecule is CCCN(CCC)CCC.F.F. The fourth-order valence-corrected chi connectivity index (χ4v) is 1.28. The summed E-state index contributed by atoms with van der Waals surface area (Å²) < 4.78 is 0. The highest BCUT2D eigenvalue weighted by Gasteiger charge is 1.98. The minimum absolute atomic E-state index is 0. The first-order valence-corrected chi connectivity index (χ1v) is 4.57. The quantitative estimate of drug-likeness (QED) is 0.612. The highest BCUT2D eigenvalue weighted by atomic mass is 19.0. The van der Waals surface area contributed by atoms with Crippen molar-refractivity contribution in [3.63, 3.8) is 0 Å². The molecule has 0 unspecified atom stereocenters. The molecule has 0 fully saturated rings. The second-order valence-electron chi connectivity index (χ2n) is 2.84. The van der Waals surface area contributed by atoms with Gasteiger partial charge in [0, 0.05) is 0 Å².